The molecule has 35 heavy (non-hydrogen) atoms. The van der Waals surface area contributed by atoms with Crippen molar-refractivity contribution in [3.8, 4) is 11.1 Å². The summed E-state index contributed by atoms with van der Waals surface area (Å²) in [7, 11) is -3.95. The molecule has 0 fully saturated rings. The van der Waals surface area contributed by atoms with Crippen LogP contribution in [-0.2, 0) is 33.8 Å². The Labute approximate surface area is 205 Å². The second-order valence-corrected chi connectivity index (χ2v) is 10.3. The Morgan fingerprint density at radius 3 is 2.23 bits per heavy atom. The number of hydrogen-bond acceptors (Lipinski definition) is 4. The highest BCUT2D eigenvalue weighted by atomic mass is 32.2. The molecule has 0 aliphatic carbocycles. The van der Waals surface area contributed by atoms with Crippen molar-refractivity contribution in [1.29, 1.82) is 0 Å². The first-order valence-corrected chi connectivity index (χ1v) is 13.0. The summed E-state index contributed by atoms with van der Waals surface area (Å²) < 4.78 is 68.5. The molecule has 1 heterocycles. The Bertz CT molecular complexity index is 1430. The lowest BCUT2D eigenvalue weighted by atomic mass is 9.94. The number of hydrogen-bond donors (Lipinski definition) is 1. The van der Waals surface area contributed by atoms with Crippen LogP contribution in [0, 0.1) is 0 Å². The van der Waals surface area contributed by atoms with Crippen LogP contribution in [-0.4, -0.2) is 14.2 Å². The molecule has 3 aromatic carbocycles. The Morgan fingerprint density at radius 2 is 1.54 bits per heavy atom. The van der Waals surface area contributed by atoms with E-state index >= 15 is 0 Å². The molecule has 0 saturated carbocycles. The molecule has 0 spiro atoms. The molecule has 4 nitrogen and oxygen atoms in total. The summed E-state index contributed by atoms with van der Waals surface area (Å²) in [4.78, 5) is 12.9. The van der Waals surface area contributed by atoms with Gasteiger partial charge < -0.3 is 0 Å². The summed E-state index contributed by atoms with van der Waals surface area (Å²) in [5.74, 6) is -0.455. The quantitative estimate of drug-likeness (QED) is 0.288. The smallest absolute Gasteiger partial charge is 0.299 e. The lowest BCUT2D eigenvalue weighted by Gasteiger charge is -2.14. The lowest BCUT2D eigenvalue weighted by molar-refractivity contribution is -0.138. The number of carbonyl (C=O) groups excluding carboxylic acids is 1. The average Bonchev–Trinajstić information content (AvgIpc) is 3.34. The van der Waals surface area contributed by atoms with Crippen LogP contribution in [0.3, 0.4) is 0 Å². The van der Waals surface area contributed by atoms with E-state index in [1.807, 2.05) is 16.8 Å². The second-order valence-electron chi connectivity index (χ2n) is 7.85. The second kappa shape index (κ2) is 10.1. The highest BCUT2D eigenvalue weighted by molar-refractivity contribution is 7.92. The van der Waals surface area contributed by atoms with Crippen LogP contribution in [0.4, 0.5) is 18.9 Å². The molecule has 0 aliphatic heterocycles. The number of Topliss-reactive ketones (excluding diaryl/α,β-unsaturated/α-hetero) is 1. The van der Waals surface area contributed by atoms with E-state index in [1.165, 1.54) is 41.7 Å². The average molecular weight is 516 g/mol. The molecular weight excluding hydrogens is 495 g/mol. The maximum absolute atomic E-state index is 13.4. The van der Waals surface area contributed by atoms with Gasteiger partial charge in [-0.05, 0) is 69.4 Å². The number of alkyl halides is 3. The van der Waals surface area contributed by atoms with Gasteiger partial charge >= 0.3 is 6.18 Å². The molecule has 0 aliphatic rings. The van der Waals surface area contributed by atoms with Gasteiger partial charge in [-0.25, -0.2) is 8.42 Å². The summed E-state index contributed by atoms with van der Waals surface area (Å²) >= 11 is 1.44. The fraction of sp³-hybridized carbons (Fsp3) is 0.115. The maximum atomic E-state index is 13.4. The molecule has 1 N–H and O–H groups in total. The first-order valence-electron chi connectivity index (χ1n) is 10.5. The minimum Gasteiger partial charge on any atom is -0.299 e. The van der Waals surface area contributed by atoms with Crippen molar-refractivity contribution in [1.82, 2.24) is 0 Å². The van der Waals surface area contributed by atoms with E-state index in [9.17, 15) is 26.4 Å². The van der Waals surface area contributed by atoms with Crippen molar-refractivity contribution in [2.75, 3.05) is 4.72 Å². The van der Waals surface area contributed by atoms with Gasteiger partial charge in [0.05, 0.1) is 10.5 Å². The minimum absolute atomic E-state index is 0.0428. The third-order valence-electron chi connectivity index (χ3n) is 5.34. The molecule has 0 saturated heterocycles. The van der Waals surface area contributed by atoms with E-state index < -0.39 is 34.0 Å². The van der Waals surface area contributed by atoms with Crippen molar-refractivity contribution in [2.24, 2.45) is 0 Å². The largest absolute Gasteiger partial charge is 0.416 e. The topological polar surface area (TPSA) is 63.2 Å². The molecule has 0 bridgehead atoms. The van der Waals surface area contributed by atoms with E-state index in [2.05, 4.69) is 4.72 Å². The number of nitrogens with one attached hydrogen (secondary N) is 1. The van der Waals surface area contributed by atoms with Gasteiger partial charge in [-0.15, -0.1) is 0 Å². The standard InChI is InChI=1S/C26H20F3NO3S2/c27-26(28,29)25-9-5-4-6-18(25)14-22(31)15-20-16-23(10-11-24(20)19-12-13-34-17-19)35(32,33)30-21-7-2-1-3-8-21/h1-13,16-17,30H,14-15H2. The SMILES string of the molecule is O=C(Cc1cc(S(=O)(=O)Nc2ccccc2)ccc1-c1ccsc1)Cc1ccccc1C(F)(F)F. The van der Waals surface area contributed by atoms with Gasteiger partial charge in [0, 0.05) is 18.5 Å². The molecular formula is C26H20F3NO3S2. The number of thiophene rings is 1. The highest BCUT2D eigenvalue weighted by Gasteiger charge is 2.33. The molecule has 0 unspecified atom stereocenters. The molecule has 0 radical (unpaired) electrons. The molecule has 4 aromatic rings. The van der Waals surface area contributed by atoms with Crippen LogP contribution in [0.2, 0.25) is 0 Å². The number of para-hydroxylation sites is 1. The van der Waals surface area contributed by atoms with Crippen LogP contribution in [0.1, 0.15) is 16.7 Å². The van der Waals surface area contributed by atoms with Crippen LogP contribution in [0.5, 0.6) is 0 Å². The van der Waals surface area contributed by atoms with E-state index in [0.717, 1.165) is 11.6 Å². The number of carbonyl (C=O) groups is 1. The van der Waals surface area contributed by atoms with Crippen molar-refractivity contribution in [3.63, 3.8) is 0 Å². The molecule has 0 amide bonds. The van der Waals surface area contributed by atoms with Crippen molar-refractivity contribution >= 4 is 32.8 Å². The number of anilines is 1. The molecule has 1 aromatic heterocycles. The van der Waals surface area contributed by atoms with Gasteiger partial charge in [0.1, 0.15) is 5.78 Å². The summed E-state index contributed by atoms with van der Waals surface area (Å²) in [5.41, 5.74) is 1.30. The first kappa shape index (κ1) is 24.7. The predicted octanol–water partition coefficient (Wildman–Crippen LogP) is 6.59. The fourth-order valence-electron chi connectivity index (χ4n) is 3.74. The van der Waals surface area contributed by atoms with Crippen LogP contribution >= 0.6 is 11.3 Å². The number of rotatable bonds is 8. The van der Waals surface area contributed by atoms with E-state index in [-0.39, 0.29) is 16.9 Å². The lowest BCUT2D eigenvalue weighted by Crippen LogP contribution is -2.15. The number of ketones is 1. The molecule has 0 atom stereocenters. The van der Waals surface area contributed by atoms with Crippen molar-refractivity contribution in [3.05, 3.63) is 106 Å². The van der Waals surface area contributed by atoms with Crippen molar-refractivity contribution < 1.29 is 26.4 Å². The zero-order chi connectivity index (χ0) is 25.1. The van der Waals surface area contributed by atoms with Gasteiger partial charge in [0.2, 0.25) is 0 Å². The summed E-state index contributed by atoms with van der Waals surface area (Å²) in [5, 5.41) is 3.71. The molecule has 9 heteroatoms. The van der Waals surface area contributed by atoms with E-state index in [0.29, 0.717) is 16.8 Å². The summed E-state index contributed by atoms with van der Waals surface area (Å²) in [6.45, 7) is 0. The first-order chi connectivity index (χ1) is 16.6. The van der Waals surface area contributed by atoms with Gasteiger partial charge in [0.15, 0.2) is 0 Å². The van der Waals surface area contributed by atoms with Gasteiger partial charge in [-0.3, -0.25) is 9.52 Å². The normalized spacial score (nSPS) is 11.9. The third kappa shape index (κ3) is 5.98. The van der Waals surface area contributed by atoms with Crippen LogP contribution in [0.25, 0.3) is 11.1 Å². The highest BCUT2D eigenvalue weighted by Crippen LogP contribution is 2.33. The van der Waals surface area contributed by atoms with Gasteiger partial charge in [0.25, 0.3) is 10.0 Å². The molecule has 4 rings (SSSR count). The third-order valence-corrected chi connectivity index (χ3v) is 7.41. The van der Waals surface area contributed by atoms with Gasteiger partial charge in [-0.1, -0.05) is 42.5 Å². The van der Waals surface area contributed by atoms with Gasteiger partial charge in [-0.2, -0.15) is 24.5 Å². The Morgan fingerprint density at radius 1 is 0.857 bits per heavy atom. The minimum atomic E-state index is -4.57. The number of benzene rings is 3. The van der Waals surface area contributed by atoms with E-state index in [4.69, 9.17) is 0 Å². The Kier molecular flexibility index (Phi) is 7.09. The predicted molar refractivity (Wildman–Crippen MR) is 131 cm³/mol. The van der Waals surface area contributed by atoms with Crippen LogP contribution < -0.4 is 4.72 Å². The number of halogens is 3. The maximum Gasteiger partial charge on any atom is 0.416 e. The summed E-state index contributed by atoms with van der Waals surface area (Å²) in [6, 6.07) is 19.6. The Hall–Kier alpha value is -3.43. The van der Waals surface area contributed by atoms with Crippen molar-refractivity contribution in [2.45, 2.75) is 23.9 Å². The number of sulfonamides is 1. The van der Waals surface area contributed by atoms with Crippen LogP contribution in [0.15, 0.2) is 94.5 Å². The fourth-order valence-corrected chi connectivity index (χ4v) is 5.51. The zero-order valence-electron chi connectivity index (χ0n) is 18.2. The zero-order valence-corrected chi connectivity index (χ0v) is 19.9. The molecule has 180 valence electrons. The monoisotopic (exact) mass is 515 g/mol. The van der Waals surface area contributed by atoms with E-state index in [1.54, 1.807) is 36.4 Å². The Balaban J connectivity index is 1.66. The summed E-state index contributed by atoms with van der Waals surface area (Å²) in [6.07, 6.45) is -5.21.